The van der Waals surface area contributed by atoms with Gasteiger partial charge < -0.3 is 4.42 Å². The third kappa shape index (κ3) is 5.51. The molecule has 0 aliphatic rings. The number of rotatable bonds is 5. The normalized spacial score (nSPS) is 11.5. The second kappa shape index (κ2) is 13.1. The summed E-state index contributed by atoms with van der Waals surface area (Å²) >= 11 is 0. The summed E-state index contributed by atoms with van der Waals surface area (Å²) in [6, 6.07) is 64.6. The summed E-state index contributed by atoms with van der Waals surface area (Å²) in [7, 11) is 0. The van der Waals surface area contributed by atoms with Crippen LogP contribution in [0.5, 0.6) is 0 Å². The standard InChI is InChI=1S/C52H30N4O/c53-31-32-17-19-33(20-18-32)34-21-23-36(24-22-34)50-54-51(37-25-27-44-42-13-5-4-11-40(42)41-12-6-7-14-43(41)46(44)29-37)56-52(55-50)38-26-28-45-48(30-38)57-47-16-8-15-39(49(45)47)35-9-2-1-3-10-35/h1-30H. The summed E-state index contributed by atoms with van der Waals surface area (Å²) < 4.78 is 6.51. The second-order valence-corrected chi connectivity index (χ2v) is 14.3. The molecule has 0 fully saturated rings. The number of nitriles is 1. The molecule has 0 saturated heterocycles. The monoisotopic (exact) mass is 726 g/mol. The molecule has 0 bridgehead atoms. The van der Waals surface area contributed by atoms with Crippen molar-refractivity contribution in [3.63, 3.8) is 0 Å². The summed E-state index contributed by atoms with van der Waals surface area (Å²) in [5.41, 5.74) is 9.18. The molecule has 57 heavy (non-hydrogen) atoms. The van der Waals surface area contributed by atoms with E-state index >= 15 is 0 Å². The van der Waals surface area contributed by atoms with Crippen molar-refractivity contribution < 1.29 is 4.42 Å². The minimum Gasteiger partial charge on any atom is -0.456 e. The molecule has 11 aromatic rings. The maximum absolute atomic E-state index is 9.28. The Morgan fingerprint density at radius 1 is 0.351 bits per heavy atom. The van der Waals surface area contributed by atoms with Gasteiger partial charge in [-0.15, -0.1) is 0 Å². The molecule has 5 heteroatoms. The lowest BCUT2D eigenvalue weighted by molar-refractivity contribution is 0.669. The van der Waals surface area contributed by atoms with E-state index in [1.54, 1.807) is 0 Å². The van der Waals surface area contributed by atoms with E-state index in [-0.39, 0.29) is 0 Å². The molecule has 0 radical (unpaired) electrons. The number of aromatic nitrogens is 3. The fourth-order valence-corrected chi connectivity index (χ4v) is 8.18. The number of fused-ring (bicyclic) bond motifs is 9. The zero-order valence-corrected chi connectivity index (χ0v) is 30.5. The van der Waals surface area contributed by atoms with Crippen LogP contribution in [0.2, 0.25) is 0 Å². The smallest absolute Gasteiger partial charge is 0.164 e. The van der Waals surface area contributed by atoms with Crippen LogP contribution in [0.3, 0.4) is 0 Å². The number of hydrogen-bond donors (Lipinski definition) is 0. The zero-order valence-electron chi connectivity index (χ0n) is 30.5. The Hall–Kier alpha value is -7.94. The van der Waals surface area contributed by atoms with Crippen LogP contribution in [0.15, 0.2) is 186 Å². The first-order valence-corrected chi connectivity index (χ1v) is 18.9. The number of benzene rings is 9. The van der Waals surface area contributed by atoms with E-state index in [0.717, 1.165) is 66.3 Å². The third-order valence-electron chi connectivity index (χ3n) is 11.0. The molecular formula is C52H30N4O. The highest BCUT2D eigenvalue weighted by atomic mass is 16.3. The lowest BCUT2D eigenvalue weighted by atomic mass is 9.93. The Morgan fingerprint density at radius 2 is 0.842 bits per heavy atom. The van der Waals surface area contributed by atoms with Crippen LogP contribution in [-0.4, -0.2) is 15.0 Å². The van der Waals surface area contributed by atoms with Crippen LogP contribution in [0, 0.1) is 11.3 Å². The van der Waals surface area contributed by atoms with Crippen molar-refractivity contribution in [3.05, 3.63) is 188 Å². The van der Waals surface area contributed by atoms with E-state index in [4.69, 9.17) is 19.4 Å². The Bertz CT molecular complexity index is 3360. The minimum absolute atomic E-state index is 0.556. The Kier molecular flexibility index (Phi) is 7.48. The topological polar surface area (TPSA) is 75.6 Å². The zero-order chi connectivity index (χ0) is 37.9. The van der Waals surface area contributed by atoms with Gasteiger partial charge in [0.2, 0.25) is 0 Å². The van der Waals surface area contributed by atoms with Gasteiger partial charge in [-0.3, -0.25) is 0 Å². The van der Waals surface area contributed by atoms with E-state index in [9.17, 15) is 5.26 Å². The average Bonchev–Trinajstić information content (AvgIpc) is 3.67. The molecular weight excluding hydrogens is 697 g/mol. The van der Waals surface area contributed by atoms with Crippen LogP contribution in [0.4, 0.5) is 0 Å². The van der Waals surface area contributed by atoms with Gasteiger partial charge in [-0.25, -0.2) is 15.0 Å². The van der Waals surface area contributed by atoms with Crippen LogP contribution >= 0.6 is 0 Å². The molecule has 9 aromatic carbocycles. The van der Waals surface area contributed by atoms with Gasteiger partial charge in [-0.1, -0.05) is 146 Å². The fourth-order valence-electron chi connectivity index (χ4n) is 8.18. The molecule has 264 valence electrons. The van der Waals surface area contributed by atoms with E-state index < -0.39 is 0 Å². The molecule has 0 aliphatic heterocycles. The Labute approximate surface area is 327 Å². The third-order valence-corrected chi connectivity index (χ3v) is 11.0. The Balaban J connectivity index is 1.09. The van der Waals surface area contributed by atoms with Gasteiger partial charge in [-0.2, -0.15) is 5.26 Å². The fraction of sp³-hybridized carbons (Fsp3) is 0. The number of hydrogen-bond acceptors (Lipinski definition) is 5. The van der Waals surface area contributed by atoms with Gasteiger partial charge >= 0.3 is 0 Å². The average molecular weight is 727 g/mol. The highest BCUT2D eigenvalue weighted by Gasteiger charge is 2.18. The molecule has 0 aliphatic carbocycles. The van der Waals surface area contributed by atoms with Crippen molar-refractivity contribution >= 4 is 54.3 Å². The summed E-state index contributed by atoms with van der Waals surface area (Å²) in [6.07, 6.45) is 0. The summed E-state index contributed by atoms with van der Waals surface area (Å²) in [4.78, 5) is 15.4. The molecule has 2 heterocycles. The maximum atomic E-state index is 9.28. The maximum Gasteiger partial charge on any atom is 0.164 e. The molecule has 0 unspecified atom stereocenters. The van der Waals surface area contributed by atoms with Crippen LogP contribution in [0.25, 0.3) is 111 Å². The van der Waals surface area contributed by atoms with E-state index in [0.29, 0.717) is 23.0 Å². The van der Waals surface area contributed by atoms with Gasteiger partial charge in [0.1, 0.15) is 11.2 Å². The predicted octanol–water partition coefficient (Wildman–Crippen LogP) is 13.4. The molecule has 11 rings (SSSR count). The molecule has 0 atom stereocenters. The largest absolute Gasteiger partial charge is 0.456 e. The molecule has 0 spiro atoms. The van der Waals surface area contributed by atoms with E-state index in [1.807, 2.05) is 60.7 Å². The van der Waals surface area contributed by atoms with Crippen LogP contribution in [-0.2, 0) is 0 Å². The van der Waals surface area contributed by atoms with Gasteiger partial charge in [-0.05, 0) is 91.0 Å². The predicted molar refractivity (Wildman–Crippen MR) is 232 cm³/mol. The molecule has 0 saturated carbocycles. The minimum atomic E-state index is 0.556. The molecule has 0 amide bonds. The van der Waals surface area contributed by atoms with Crippen LogP contribution < -0.4 is 0 Å². The van der Waals surface area contributed by atoms with Gasteiger partial charge in [0.05, 0.1) is 11.6 Å². The Morgan fingerprint density at radius 3 is 1.47 bits per heavy atom. The van der Waals surface area contributed by atoms with Gasteiger partial charge in [0.15, 0.2) is 17.5 Å². The van der Waals surface area contributed by atoms with Crippen molar-refractivity contribution in [2.45, 2.75) is 0 Å². The lowest BCUT2D eigenvalue weighted by Gasteiger charge is -2.13. The van der Waals surface area contributed by atoms with E-state index in [2.05, 4.69) is 127 Å². The first-order valence-electron chi connectivity index (χ1n) is 18.9. The summed E-state index contributed by atoms with van der Waals surface area (Å²) in [5, 5.41) is 18.6. The van der Waals surface area contributed by atoms with Crippen molar-refractivity contribution in [2.75, 3.05) is 0 Å². The van der Waals surface area contributed by atoms with Crippen LogP contribution in [0.1, 0.15) is 5.56 Å². The first-order chi connectivity index (χ1) is 28.2. The summed E-state index contributed by atoms with van der Waals surface area (Å²) in [5.74, 6) is 1.71. The van der Waals surface area contributed by atoms with Gasteiger partial charge in [0.25, 0.3) is 0 Å². The lowest BCUT2D eigenvalue weighted by Crippen LogP contribution is -2.00. The van der Waals surface area contributed by atoms with E-state index in [1.165, 1.54) is 26.9 Å². The van der Waals surface area contributed by atoms with Gasteiger partial charge in [0, 0.05) is 27.5 Å². The summed E-state index contributed by atoms with van der Waals surface area (Å²) in [6.45, 7) is 0. The highest BCUT2D eigenvalue weighted by molar-refractivity contribution is 6.25. The van der Waals surface area contributed by atoms with Crippen molar-refractivity contribution in [1.82, 2.24) is 15.0 Å². The second-order valence-electron chi connectivity index (χ2n) is 14.3. The molecule has 5 nitrogen and oxygen atoms in total. The van der Waals surface area contributed by atoms with Crippen molar-refractivity contribution in [1.29, 1.82) is 5.26 Å². The molecule has 0 N–H and O–H groups in total. The number of furan rings is 1. The highest BCUT2D eigenvalue weighted by Crippen LogP contribution is 2.40. The quantitative estimate of drug-likeness (QED) is 0.165. The van der Waals surface area contributed by atoms with Crippen molar-refractivity contribution in [3.8, 4) is 62.5 Å². The SMILES string of the molecule is N#Cc1ccc(-c2ccc(-c3nc(-c4ccc5c(c4)oc4cccc(-c6ccccc6)c45)nc(-c4ccc5c6ccccc6c6ccccc6c5c4)n3)cc2)cc1. The number of nitrogens with zero attached hydrogens (tertiary/aromatic N) is 4. The van der Waals surface area contributed by atoms with Crippen molar-refractivity contribution in [2.24, 2.45) is 0 Å². The first kappa shape index (κ1) is 32.5. The molecule has 2 aromatic heterocycles.